The number of imidazole rings is 2. The van der Waals surface area contributed by atoms with Crippen LogP contribution in [0.25, 0.3) is 22.3 Å². The SMILES string of the molecule is CO[C@@H]1[C@H](OP(=O)(O)OC[C@H]2O[C@@H](n3cnc4c(=O)[nH]c(N)nc43)[C@H](O)[C@@H]2O)[C@@H](CSP(=O)(O)OP(=O)(O)OP(=O)(O)O)O[C@H]1n1cnc2c(N)ncnc21. The molecule has 0 radical (unpaired) electrons. The van der Waals surface area contributed by atoms with Crippen molar-refractivity contribution in [2.24, 2.45) is 0 Å². The number of methoxy groups -OCH3 is 1. The molecule has 29 nitrogen and oxygen atoms in total. The summed E-state index contributed by atoms with van der Waals surface area (Å²) in [6, 6.07) is 0. The molecule has 6 heterocycles. The van der Waals surface area contributed by atoms with E-state index in [-0.39, 0.29) is 45.5 Å². The molecular weight excluding hydrogens is 852 g/mol. The van der Waals surface area contributed by atoms with Gasteiger partial charge in [-0.1, -0.05) is 0 Å². The maximum atomic E-state index is 13.4. The molecule has 2 saturated heterocycles. The molecule has 4 aromatic heterocycles. The van der Waals surface area contributed by atoms with Gasteiger partial charge in [0.1, 0.15) is 42.4 Å². The summed E-state index contributed by atoms with van der Waals surface area (Å²) in [5.41, 5.74) is 10.7. The number of nitrogens with one attached hydrogen (secondary N) is 1. The number of fused-ring (bicyclic) bond motifs is 2. The monoisotopic (exact) mass is 882 g/mol. The number of aliphatic hydroxyl groups is 2. The van der Waals surface area contributed by atoms with Crippen LogP contribution in [0, 0.1) is 0 Å². The van der Waals surface area contributed by atoms with E-state index < -0.39 is 97.3 Å². The summed E-state index contributed by atoms with van der Waals surface area (Å²) in [5.74, 6) is -1.09. The average Bonchev–Trinajstić information content (AvgIpc) is 3.82. The number of hydrogen-bond acceptors (Lipinski definition) is 22. The number of nitrogen functional groups attached to an aromatic ring is 2. The molecule has 34 heteroatoms. The molecule has 0 bridgehead atoms. The lowest BCUT2D eigenvalue weighted by Gasteiger charge is -2.26. The zero-order valence-electron chi connectivity index (χ0n) is 27.3. The van der Waals surface area contributed by atoms with Gasteiger partial charge in [0.15, 0.2) is 35.1 Å². The first kappa shape index (κ1) is 41.8. The van der Waals surface area contributed by atoms with Gasteiger partial charge >= 0.3 is 30.3 Å². The highest BCUT2D eigenvalue weighted by Crippen LogP contribution is 2.71. The van der Waals surface area contributed by atoms with Crippen molar-refractivity contribution in [3.05, 3.63) is 29.3 Å². The summed E-state index contributed by atoms with van der Waals surface area (Å²) in [7, 11) is -15.7. The molecule has 2 fully saturated rings. The summed E-state index contributed by atoms with van der Waals surface area (Å²) in [5, 5.41) is 21.5. The van der Waals surface area contributed by atoms with Crippen molar-refractivity contribution in [2.45, 2.75) is 49.1 Å². The van der Waals surface area contributed by atoms with Gasteiger partial charge in [-0.25, -0.2) is 38.2 Å². The highest BCUT2D eigenvalue weighted by Gasteiger charge is 2.52. The Labute approximate surface area is 308 Å². The van der Waals surface area contributed by atoms with Gasteiger partial charge in [-0.05, 0) is 11.4 Å². The van der Waals surface area contributed by atoms with E-state index in [0.29, 0.717) is 0 Å². The van der Waals surface area contributed by atoms with Gasteiger partial charge in [0.2, 0.25) is 5.95 Å². The summed E-state index contributed by atoms with van der Waals surface area (Å²) in [4.78, 5) is 82.7. The van der Waals surface area contributed by atoms with Crippen LogP contribution in [0.1, 0.15) is 12.5 Å². The molecule has 3 unspecified atom stereocenters. The number of phosphoric ester groups is 1. The number of nitrogens with zero attached hydrogens (tertiary/aromatic N) is 7. The summed E-state index contributed by atoms with van der Waals surface area (Å²) < 4.78 is 86.8. The van der Waals surface area contributed by atoms with Crippen molar-refractivity contribution in [2.75, 3.05) is 30.9 Å². The number of aliphatic hydroxyl groups excluding tert-OH is 2. The van der Waals surface area contributed by atoms with E-state index in [2.05, 4.69) is 38.5 Å². The molecule has 2 aliphatic heterocycles. The molecule has 55 heavy (non-hydrogen) atoms. The number of hydrogen-bond donors (Lipinski definition) is 10. The molecule has 0 aromatic carbocycles. The van der Waals surface area contributed by atoms with Gasteiger partial charge in [0.25, 0.3) is 5.56 Å². The Morgan fingerprint density at radius 1 is 0.855 bits per heavy atom. The molecular formula is C21H30N10O19P4S. The van der Waals surface area contributed by atoms with Crippen LogP contribution in [0.4, 0.5) is 11.8 Å². The molecule has 0 spiro atoms. The highest BCUT2D eigenvalue weighted by molar-refractivity contribution is 8.55. The Balaban J connectivity index is 1.21. The normalized spacial score (nSPS) is 29.4. The van der Waals surface area contributed by atoms with Crippen molar-refractivity contribution in [1.82, 2.24) is 39.0 Å². The van der Waals surface area contributed by atoms with Gasteiger partial charge in [0, 0.05) is 12.9 Å². The van der Waals surface area contributed by atoms with Crippen LogP contribution in [0.2, 0.25) is 0 Å². The van der Waals surface area contributed by atoms with E-state index in [1.807, 2.05) is 0 Å². The van der Waals surface area contributed by atoms with Crippen LogP contribution < -0.4 is 17.0 Å². The molecule has 12 N–H and O–H groups in total. The van der Waals surface area contributed by atoms with Crippen LogP contribution in [0.15, 0.2) is 23.8 Å². The molecule has 11 atom stereocenters. The van der Waals surface area contributed by atoms with E-state index in [0.717, 1.165) is 24.3 Å². The Morgan fingerprint density at radius 2 is 1.51 bits per heavy atom. The van der Waals surface area contributed by atoms with E-state index in [1.165, 1.54) is 10.9 Å². The van der Waals surface area contributed by atoms with Crippen molar-refractivity contribution < 1.29 is 84.8 Å². The molecule has 4 aromatic rings. The summed E-state index contributed by atoms with van der Waals surface area (Å²) in [6.45, 7) is -6.25. The fourth-order valence-electron chi connectivity index (χ4n) is 5.55. The Bertz CT molecular complexity index is 2320. The van der Waals surface area contributed by atoms with Crippen LogP contribution in [0.5, 0.6) is 0 Å². The smallest absolute Gasteiger partial charge is 0.387 e. The molecule has 6 rings (SSSR count). The van der Waals surface area contributed by atoms with Crippen LogP contribution in [-0.2, 0) is 50.1 Å². The van der Waals surface area contributed by atoms with E-state index >= 15 is 0 Å². The highest BCUT2D eigenvalue weighted by atomic mass is 32.7. The maximum absolute atomic E-state index is 13.4. The topological polar surface area (TPSA) is 434 Å². The minimum absolute atomic E-state index is 0.0350. The predicted molar refractivity (Wildman–Crippen MR) is 180 cm³/mol. The van der Waals surface area contributed by atoms with E-state index in [9.17, 15) is 47.9 Å². The number of aromatic nitrogens is 8. The lowest BCUT2D eigenvalue weighted by Crippen LogP contribution is -2.37. The number of anilines is 2. The van der Waals surface area contributed by atoms with E-state index in [4.69, 9.17) is 44.5 Å². The predicted octanol–water partition coefficient (Wildman–Crippen LogP) is -1.78. The third-order valence-corrected chi connectivity index (χ3v) is 14.9. The summed E-state index contributed by atoms with van der Waals surface area (Å²) in [6.07, 6.45) is -9.08. The lowest BCUT2D eigenvalue weighted by atomic mass is 10.1. The van der Waals surface area contributed by atoms with Crippen LogP contribution >= 0.6 is 41.6 Å². The minimum atomic E-state index is -5.83. The van der Waals surface area contributed by atoms with Crippen molar-refractivity contribution in [3.8, 4) is 0 Å². The Kier molecular flexibility index (Phi) is 11.8. The Morgan fingerprint density at radius 3 is 2.18 bits per heavy atom. The molecule has 0 saturated carbocycles. The first-order valence-electron chi connectivity index (χ1n) is 14.9. The second kappa shape index (κ2) is 15.5. The molecule has 0 amide bonds. The second-order valence-electron chi connectivity index (χ2n) is 11.4. The standard InChI is InChI=1S/C21H30N10O19P4S/c1-44-14-13(48-52(38,39)45-2-7-11(32)12(33)19(46-7)31-6-27-10-17(31)28-21(23)29-18(10)34)8(3-55-54(42,43)50-53(40,41)49-51(35,36)37)47-20(14)30-5-26-9-15(22)24-4-25-16(9)30/h4-8,11-14,19-20,32-33H,2-3H2,1H3,(H,38,39)(H,40,41)(H,42,43)(H2,22,24,25)(H2,35,36,37)(H3,23,28,29,34)/t7-,8-,11-,12-,13-,14-,19-,20-/m1/s1. The van der Waals surface area contributed by atoms with Crippen molar-refractivity contribution in [3.63, 3.8) is 0 Å². The molecule has 0 aliphatic carbocycles. The van der Waals surface area contributed by atoms with Crippen molar-refractivity contribution >= 4 is 75.7 Å². The first-order valence-corrected chi connectivity index (χ1v) is 22.6. The quantitative estimate of drug-likeness (QED) is 0.0590. The number of phosphoric acid groups is 3. The first-order chi connectivity index (χ1) is 25.6. The summed E-state index contributed by atoms with van der Waals surface area (Å²) >= 11 is -0.130. The number of nitrogens with two attached hydrogens (primary N) is 2. The molecule has 304 valence electrons. The third-order valence-electron chi connectivity index (χ3n) is 7.76. The fraction of sp³-hybridized carbons (Fsp3) is 0.524. The molecule has 2 aliphatic rings. The zero-order valence-corrected chi connectivity index (χ0v) is 31.7. The second-order valence-corrected chi connectivity index (χ2v) is 19.7. The minimum Gasteiger partial charge on any atom is -0.387 e. The third kappa shape index (κ3) is 9.18. The van der Waals surface area contributed by atoms with Gasteiger partial charge in [-0.3, -0.25) is 28.0 Å². The van der Waals surface area contributed by atoms with Crippen LogP contribution in [0.3, 0.4) is 0 Å². The van der Waals surface area contributed by atoms with Crippen molar-refractivity contribution in [1.29, 1.82) is 0 Å². The Hall–Kier alpha value is -2.79. The van der Waals surface area contributed by atoms with Gasteiger partial charge in [-0.15, -0.1) is 0 Å². The lowest BCUT2D eigenvalue weighted by molar-refractivity contribution is -0.0580. The largest absolute Gasteiger partial charge is 0.488 e. The number of ether oxygens (including phenoxy) is 3. The maximum Gasteiger partial charge on any atom is 0.488 e. The van der Waals surface area contributed by atoms with Gasteiger partial charge < -0.3 is 60.4 Å². The van der Waals surface area contributed by atoms with Gasteiger partial charge in [-0.2, -0.15) is 13.6 Å². The van der Waals surface area contributed by atoms with Gasteiger partial charge in [0.05, 0.1) is 25.4 Å². The average molecular weight is 882 g/mol. The number of rotatable bonds is 15. The fourth-order valence-corrected chi connectivity index (χ4v) is 12.0. The van der Waals surface area contributed by atoms with Crippen LogP contribution in [-0.4, -0.2) is 130 Å². The number of H-pyrrole nitrogens is 1. The van der Waals surface area contributed by atoms with E-state index in [1.54, 1.807) is 0 Å². The number of aromatic amines is 1. The zero-order chi connectivity index (χ0) is 40.2.